The van der Waals surface area contributed by atoms with E-state index in [1.54, 1.807) is 43.5 Å². The molecular formula is C33H42N11O5+. The van der Waals surface area contributed by atoms with Gasteiger partial charge in [-0.2, -0.15) is 10.2 Å². The number of nitrogens with one attached hydrogen (secondary N) is 1. The van der Waals surface area contributed by atoms with Gasteiger partial charge in [-0.3, -0.25) is 9.36 Å². The summed E-state index contributed by atoms with van der Waals surface area (Å²) in [6, 6.07) is 0.366. The Hall–Kier alpha value is -5.28. The molecule has 258 valence electrons. The number of nitroso groups, excluding NO2 is 1. The predicted molar refractivity (Wildman–Crippen MR) is 179 cm³/mol. The first kappa shape index (κ1) is 33.6. The number of carbonyl (C=O) groups excluding carboxylic acids is 2. The maximum atomic E-state index is 12.3. The van der Waals surface area contributed by atoms with Gasteiger partial charge in [0.15, 0.2) is 18.4 Å². The van der Waals surface area contributed by atoms with E-state index in [1.807, 2.05) is 13.2 Å². The molecule has 0 atom stereocenters. The van der Waals surface area contributed by atoms with Gasteiger partial charge in [-0.15, -0.1) is 0 Å². The number of anilines is 2. The minimum atomic E-state index is -0.394. The number of hydrogen-bond acceptors (Lipinski definition) is 13. The lowest BCUT2D eigenvalue weighted by Gasteiger charge is -2.25. The van der Waals surface area contributed by atoms with Crippen molar-refractivity contribution in [2.24, 2.45) is 14.1 Å². The van der Waals surface area contributed by atoms with Crippen molar-refractivity contribution >= 4 is 23.8 Å². The fraction of sp³-hybridized carbons (Fsp3) is 0.515. The van der Waals surface area contributed by atoms with Crippen LogP contribution in [0.4, 0.5) is 11.9 Å². The van der Waals surface area contributed by atoms with E-state index in [9.17, 15) is 14.5 Å². The molecule has 0 spiro atoms. The minimum absolute atomic E-state index is 0.107. The number of nitrogens with zero attached hydrogens (tertiary/aromatic N) is 9. The SMILES string of the molecule is CCOC(=O)c1nn(C)c2c1CCc1cnc(N)nc1-2.CCOC(=O)c1nn(C)c2c1CCc1cnc(NC3CCC([N+](C)=O)CC3)nc1-2. The van der Waals surface area contributed by atoms with Crippen molar-refractivity contribution in [1.82, 2.24) is 39.5 Å². The zero-order chi connectivity index (χ0) is 34.8. The molecule has 0 saturated heterocycles. The minimum Gasteiger partial charge on any atom is -0.461 e. The number of nitrogens with two attached hydrogens (primary N) is 1. The number of aryl methyl sites for hydroxylation is 4. The molecule has 3 N–H and O–H groups in total. The summed E-state index contributed by atoms with van der Waals surface area (Å²) >= 11 is 0. The topological polar surface area (TPSA) is 198 Å². The summed E-state index contributed by atoms with van der Waals surface area (Å²) in [6.45, 7) is 4.21. The number of carbonyl (C=O) groups is 2. The van der Waals surface area contributed by atoms with Crippen molar-refractivity contribution in [3.05, 3.63) is 50.9 Å². The molecule has 16 heteroatoms. The molecule has 3 aliphatic carbocycles. The highest BCUT2D eigenvalue weighted by molar-refractivity contribution is 5.92. The summed E-state index contributed by atoms with van der Waals surface area (Å²) in [5, 5.41) is 12.1. The third-order valence-electron chi connectivity index (χ3n) is 9.26. The summed E-state index contributed by atoms with van der Waals surface area (Å²) in [5.74, 6) is 0.0139. The van der Waals surface area contributed by atoms with Gasteiger partial charge in [-0.1, -0.05) is 0 Å². The molecule has 0 unspecified atom stereocenters. The van der Waals surface area contributed by atoms with Crippen LogP contribution in [0.5, 0.6) is 0 Å². The number of rotatable bonds is 7. The Morgan fingerprint density at radius 3 is 1.86 bits per heavy atom. The molecule has 1 saturated carbocycles. The summed E-state index contributed by atoms with van der Waals surface area (Å²) < 4.78 is 14.6. The van der Waals surface area contributed by atoms with E-state index in [0.29, 0.717) is 37.0 Å². The monoisotopic (exact) mass is 672 g/mol. The lowest BCUT2D eigenvalue weighted by Crippen LogP contribution is -2.33. The van der Waals surface area contributed by atoms with Crippen LogP contribution in [0.15, 0.2) is 12.4 Å². The lowest BCUT2D eigenvalue weighted by atomic mass is 9.91. The van der Waals surface area contributed by atoms with Crippen LogP contribution in [0.3, 0.4) is 0 Å². The Bertz CT molecular complexity index is 1910. The van der Waals surface area contributed by atoms with Crippen molar-refractivity contribution in [2.75, 3.05) is 31.3 Å². The molecule has 0 bridgehead atoms. The Balaban J connectivity index is 0.000000182. The summed E-state index contributed by atoms with van der Waals surface area (Å²) in [6.07, 6.45) is 10.1. The fourth-order valence-corrected chi connectivity index (χ4v) is 6.89. The molecule has 4 heterocycles. The van der Waals surface area contributed by atoms with Crippen LogP contribution in [0.25, 0.3) is 22.8 Å². The van der Waals surface area contributed by atoms with Crippen LogP contribution in [0, 0.1) is 4.91 Å². The normalized spacial score (nSPS) is 17.3. The van der Waals surface area contributed by atoms with Gasteiger partial charge in [0.2, 0.25) is 17.9 Å². The summed E-state index contributed by atoms with van der Waals surface area (Å²) in [5.41, 5.74) is 13.5. The number of aromatic nitrogens is 8. The van der Waals surface area contributed by atoms with Gasteiger partial charge < -0.3 is 20.5 Å². The smallest absolute Gasteiger partial charge is 0.359 e. The Kier molecular flexibility index (Phi) is 9.65. The van der Waals surface area contributed by atoms with E-state index in [0.717, 1.165) is 94.7 Å². The Labute approximate surface area is 283 Å². The maximum absolute atomic E-state index is 12.3. The zero-order valence-corrected chi connectivity index (χ0v) is 28.5. The molecule has 0 radical (unpaired) electrons. The number of ether oxygens (including phenoxy) is 2. The van der Waals surface area contributed by atoms with E-state index in [1.165, 1.54) is 0 Å². The van der Waals surface area contributed by atoms with Crippen molar-refractivity contribution in [3.63, 3.8) is 0 Å². The highest BCUT2D eigenvalue weighted by atomic mass is 16.5. The Morgan fingerprint density at radius 2 is 1.35 bits per heavy atom. The van der Waals surface area contributed by atoms with Crippen LogP contribution in [-0.2, 0) is 49.3 Å². The van der Waals surface area contributed by atoms with Gasteiger partial charge in [0.05, 0.1) is 36.0 Å². The molecule has 0 aromatic carbocycles. The largest absolute Gasteiger partial charge is 0.461 e. The third kappa shape index (κ3) is 6.71. The molecule has 4 aromatic heterocycles. The van der Waals surface area contributed by atoms with Crippen molar-refractivity contribution in [3.8, 4) is 22.8 Å². The van der Waals surface area contributed by atoms with E-state index in [4.69, 9.17) is 20.2 Å². The van der Waals surface area contributed by atoms with Crippen molar-refractivity contribution < 1.29 is 23.8 Å². The molecule has 1 fully saturated rings. The van der Waals surface area contributed by atoms with Gasteiger partial charge in [-0.05, 0) is 68.3 Å². The van der Waals surface area contributed by atoms with Gasteiger partial charge in [0.1, 0.15) is 0 Å². The van der Waals surface area contributed by atoms with Crippen LogP contribution < -0.4 is 11.1 Å². The van der Waals surface area contributed by atoms with Crippen LogP contribution in [0.1, 0.15) is 82.8 Å². The summed E-state index contributed by atoms with van der Waals surface area (Å²) in [7, 11) is 5.21. The van der Waals surface area contributed by atoms with E-state index in [-0.39, 0.29) is 24.0 Å². The van der Waals surface area contributed by atoms with Gasteiger partial charge >= 0.3 is 11.9 Å². The van der Waals surface area contributed by atoms with Crippen LogP contribution >= 0.6 is 0 Å². The van der Waals surface area contributed by atoms with Crippen molar-refractivity contribution in [2.45, 2.75) is 77.3 Å². The molecule has 0 amide bonds. The Morgan fingerprint density at radius 1 is 0.837 bits per heavy atom. The molecule has 0 aliphatic heterocycles. The van der Waals surface area contributed by atoms with Crippen molar-refractivity contribution in [1.29, 1.82) is 0 Å². The molecule has 49 heavy (non-hydrogen) atoms. The standard InChI is InChI=1S/C20H27N6O3.C13H15N5O2/c1-4-29-19(27)17-15-10-5-12-11-21-20(23-16(12)18(15)25(2)24-17)22-13-6-8-14(9-7-13)26(3)28;1-3-20-12(19)10-8-5-4-7-6-15-13(14)16-9(7)11(8)18(2)17-10/h11,13-14H,4-10H2,1-3H3,(H,21,22,23);6H,3-5H2,1-2H3,(H2,14,15,16)/q+1;. The third-order valence-corrected chi connectivity index (χ3v) is 9.26. The number of esters is 2. The van der Waals surface area contributed by atoms with E-state index in [2.05, 4.69) is 30.5 Å². The zero-order valence-electron chi connectivity index (χ0n) is 28.5. The first-order valence-electron chi connectivity index (χ1n) is 16.7. The molecule has 7 rings (SSSR count). The summed E-state index contributed by atoms with van der Waals surface area (Å²) in [4.78, 5) is 53.3. The average molecular weight is 673 g/mol. The second-order valence-corrected chi connectivity index (χ2v) is 12.4. The second-order valence-electron chi connectivity index (χ2n) is 12.4. The van der Waals surface area contributed by atoms with Crippen LogP contribution in [-0.4, -0.2) is 88.5 Å². The second kappa shape index (κ2) is 14.1. The van der Waals surface area contributed by atoms with Crippen LogP contribution in [0.2, 0.25) is 0 Å². The first-order valence-corrected chi connectivity index (χ1v) is 16.7. The number of nitrogen functional groups attached to an aromatic ring is 1. The highest BCUT2D eigenvalue weighted by Crippen LogP contribution is 2.35. The van der Waals surface area contributed by atoms with E-state index >= 15 is 0 Å². The number of hydrogen-bond donors (Lipinski definition) is 2. The average Bonchev–Trinajstić information content (AvgIpc) is 3.62. The quantitative estimate of drug-likeness (QED) is 0.215. The maximum Gasteiger partial charge on any atom is 0.359 e. The van der Waals surface area contributed by atoms with Gasteiger partial charge in [0, 0.05) is 61.4 Å². The molecule has 16 nitrogen and oxygen atoms in total. The van der Waals surface area contributed by atoms with Gasteiger partial charge in [-0.25, -0.2) is 29.5 Å². The molecule has 4 aromatic rings. The number of fused-ring (bicyclic) bond motifs is 6. The lowest BCUT2D eigenvalue weighted by molar-refractivity contribution is -0.562. The fourth-order valence-electron chi connectivity index (χ4n) is 6.89. The molecule has 3 aliphatic rings. The van der Waals surface area contributed by atoms with E-state index < -0.39 is 5.97 Å². The molecular weight excluding hydrogens is 630 g/mol. The van der Waals surface area contributed by atoms with Gasteiger partial charge in [0.25, 0.3) is 0 Å². The highest BCUT2D eigenvalue weighted by Gasteiger charge is 2.32. The predicted octanol–water partition coefficient (Wildman–Crippen LogP) is 3.02. The first-order chi connectivity index (χ1) is 23.6.